The lowest BCUT2D eigenvalue weighted by Gasteiger charge is -2.39. The molecule has 0 spiro atoms. The molecule has 1 aromatic carbocycles. The first kappa shape index (κ1) is 20.7. The third-order valence-corrected chi connectivity index (χ3v) is 4.88. The summed E-state index contributed by atoms with van der Waals surface area (Å²) in [5, 5.41) is 4.55. The average molecular weight is 400 g/mol. The fraction of sp³-hybridized carbons (Fsp3) is 0.556. The molecule has 2 rings (SSSR count). The van der Waals surface area contributed by atoms with Gasteiger partial charge in [0.25, 0.3) is 0 Å². The molecule has 0 bridgehead atoms. The maximum absolute atomic E-state index is 11.9. The van der Waals surface area contributed by atoms with Gasteiger partial charge in [-0.2, -0.15) is 0 Å². The molecule has 0 aromatic heterocycles. The molecule has 1 heterocycles. The van der Waals surface area contributed by atoms with E-state index in [1.807, 2.05) is 31.2 Å². The largest absolute Gasteiger partial charge is 0.450 e. The highest BCUT2D eigenvalue weighted by Crippen LogP contribution is 2.20. The Kier molecular flexibility index (Phi) is 8.41. The molecule has 1 aliphatic heterocycles. The Morgan fingerprint density at radius 3 is 2.77 bits per heavy atom. The van der Waals surface area contributed by atoms with Gasteiger partial charge < -0.3 is 24.6 Å². The zero-order valence-corrected chi connectivity index (χ0v) is 16.8. The van der Waals surface area contributed by atoms with E-state index in [-0.39, 0.29) is 12.1 Å². The highest BCUT2D eigenvalue weighted by Gasteiger charge is 2.28. The second kappa shape index (κ2) is 10.5. The average Bonchev–Trinajstić information content (AvgIpc) is 2.63. The molecule has 1 fully saturated rings. The number of carbonyl (C=O) groups is 1. The van der Waals surface area contributed by atoms with Gasteiger partial charge in [0.05, 0.1) is 13.2 Å². The van der Waals surface area contributed by atoms with Gasteiger partial charge in [-0.3, -0.25) is 0 Å². The highest BCUT2D eigenvalue weighted by atomic mass is 35.5. The number of likely N-dealkylation sites (tertiary alicyclic amines) is 1. The van der Waals surface area contributed by atoms with Crippen LogP contribution in [0.1, 0.15) is 19.8 Å². The molecule has 0 aliphatic carbocycles. The lowest BCUT2D eigenvalue weighted by Crippen LogP contribution is -2.50. The van der Waals surface area contributed by atoms with Gasteiger partial charge >= 0.3 is 6.09 Å². The number of piperidine rings is 1. The van der Waals surface area contributed by atoms with Gasteiger partial charge in [0.2, 0.25) is 0 Å². The third-order valence-electron chi connectivity index (χ3n) is 4.30. The molecule has 1 aliphatic rings. The van der Waals surface area contributed by atoms with E-state index < -0.39 is 0 Å². The van der Waals surface area contributed by atoms with E-state index in [1.54, 1.807) is 12.0 Å². The lowest BCUT2D eigenvalue weighted by molar-refractivity contribution is 0.0829. The fourth-order valence-electron chi connectivity index (χ4n) is 2.98. The maximum atomic E-state index is 11.9. The van der Waals surface area contributed by atoms with Gasteiger partial charge in [-0.15, -0.1) is 0 Å². The topological polar surface area (TPSA) is 54.0 Å². The van der Waals surface area contributed by atoms with Crippen LogP contribution in [0.25, 0.3) is 0 Å². The minimum Gasteiger partial charge on any atom is -0.450 e. The second-order valence-corrected chi connectivity index (χ2v) is 6.87. The smallest absolute Gasteiger partial charge is 0.409 e. The molecule has 6 nitrogen and oxygen atoms in total. The van der Waals surface area contributed by atoms with Crippen LogP contribution in [-0.2, 0) is 9.47 Å². The lowest BCUT2D eigenvalue weighted by atomic mass is 10.0. The molecule has 144 valence electrons. The minimum atomic E-state index is -0.242. The standard InChI is InChI=1S/C18H26ClN3O3S/c1-3-25-18(23)21-9-7-16(8-10-21)22(11-12-24-2)17(26)20-15-6-4-5-14(19)13-15/h4-6,13,16H,3,7-12H2,1-2H3,(H,20,26). The summed E-state index contributed by atoms with van der Waals surface area (Å²) in [7, 11) is 1.68. The molecule has 1 saturated heterocycles. The maximum Gasteiger partial charge on any atom is 0.409 e. The molecule has 0 unspecified atom stereocenters. The van der Waals surface area contributed by atoms with Crippen LogP contribution in [0.5, 0.6) is 0 Å². The number of nitrogens with zero attached hydrogens (tertiary/aromatic N) is 2. The van der Waals surface area contributed by atoms with Crippen molar-refractivity contribution in [1.82, 2.24) is 9.80 Å². The number of thiocarbonyl (C=S) groups is 1. The van der Waals surface area contributed by atoms with E-state index in [2.05, 4.69) is 10.2 Å². The number of halogens is 1. The Hall–Kier alpha value is -1.57. The summed E-state index contributed by atoms with van der Waals surface area (Å²) in [6.45, 7) is 4.80. The highest BCUT2D eigenvalue weighted by molar-refractivity contribution is 7.80. The summed E-state index contributed by atoms with van der Waals surface area (Å²) in [6, 6.07) is 7.71. The molecular weight excluding hydrogens is 374 g/mol. The summed E-state index contributed by atoms with van der Waals surface area (Å²) < 4.78 is 10.3. The van der Waals surface area contributed by atoms with Gasteiger partial charge in [-0.1, -0.05) is 17.7 Å². The van der Waals surface area contributed by atoms with Gasteiger partial charge in [0, 0.05) is 43.5 Å². The molecule has 0 saturated carbocycles. The van der Waals surface area contributed by atoms with E-state index in [9.17, 15) is 4.79 Å². The second-order valence-electron chi connectivity index (χ2n) is 6.04. The first-order valence-corrected chi connectivity index (χ1v) is 9.57. The Labute approximate surface area is 165 Å². The first-order valence-electron chi connectivity index (χ1n) is 8.79. The number of amides is 1. The SMILES string of the molecule is CCOC(=O)N1CCC(N(CCOC)C(=S)Nc2cccc(Cl)c2)CC1. The molecule has 0 atom stereocenters. The number of hydrogen-bond acceptors (Lipinski definition) is 4. The number of methoxy groups -OCH3 is 1. The third kappa shape index (κ3) is 6.00. The van der Waals surface area contributed by atoms with Crippen LogP contribution in [0.15, 0.2) is 24.3 Å². The monoisotopic (exact) mass is 399 g/mol. The van der Waals surface area contributed by atoms with Crippen LogP contribution in [-0.4, -0.2) is 67.0 Å². The number of benzene rings is 1. The Bertz CT molecular complexity index is 609. The normalized spacial score (nSPS) is 14.8. The summed E-state index contributed by atoms with van der Waals surface area (Å²) in [6.07, 6.45) is 1.42. The van der Waals surface area contributed by atoms with Crippen molar-refractivity contribution >= 4 is 40.7 Å². The van der Waals surface area contributed by atoms with Crippen molar-refractivity contribution < 1.29 is 14.3 Å². The number of ether oxygens (including phenoxy) is 2. The van der Waals surface area contributed by atoms with Crippen molar-refractivity contribution in [2.24, 2.45) is 0 Å². The Balaban J connectivity index is 1.98. The summed E-state index contributed by atoms with van der Waals surface area (Å²) in [5.41, 5.74) is 0.855. The van der Waals surface area contributed by atoms with Gasteiger partial charge in [-0.05, 0) is 50.2 Å². The molecule has 0 radical (unpaired) electrons. The zero-order chi connectivity index (χ0) is 18.9. The number of rotatable bonds is 6. The van der Waals surface area contributed by atoms with E-state index in [1.165, 1.54) is 0 Å². The quantitative estimate of drug-likeness (QED) is 0.737. The first-order chi connectivity index (χ1) is 12.5. The van der Waals surface area contributed by atoms with E-state index in [4.69, 9.17) is 33.3 Å². The van der Waals surface area contributed by atoms with Crippen LogP contribution in [0.4, 0.5) is 10.5 Å². The summed E-state index contributed by atoms with van der Waals surface area (Å²) in [4.78, 5) is 15.8. The van der Waals surface area contributed by atoms with Crippen LogP contribution >= 0.6 is 23.8 Å². The summed E-state index contributed by atoms with van der Waals surface area (Å²) >= 11 is 11.7. The van der Waals surface area contributed by atoms with Crippen molar-refractivity contribution in [3.8, 4) is 0 Å². The number of hydrogen-bond donors (Lipinski definition) is 1. The van der Waals surface area contributed by atoms with Gasteiger partial charge in [0.15, 0.2) is 5.11 Å². The summed E-state index contributed by atoms with van der Waals surface area (Å²) in [5.74, 6) is 0. The number of nitrogens with one attached hydrogen (secondary N) is 1. The van der Waals surface area contributed by atoms with Crippen molar-refractivity contribution in [2.45, 2.75) is 25.8 Å². The Morgan fingerprint density at radius 2 is 2.15 bits per heavy atom. The minimum absolute atomic E-state index is 0.242. The predicted molar refractivity (Wildman–Crippen MR) is 108 cm³/mol. The van der Waals surface area contributed by atoms with Crippen molar-refractivity contribution in [2.75, 3.05) is 45.3 Å². The molecular formula is C18H26ClN3O3S. The van der Waals surface area contributed by atoms with Crippen molar-refractivity contribution in [3.05, 3.63) is 29.3 Å². The van der Waals surface area contributed by atoms with Crippen molar-refractivity contribution in [3.63, 3.8) is 0 Å². The van der Waals surface area contributed by atoms with Crippen LogP contribution in [0.3, 0.4) is 0 Å². The molecule has 26 heavy (non-hydrogen) atoms. The van der Waals surface area contributed by atoms with Gasteiger partial charge in [-0.25, -0.2) is 4.79 Å². The number of anilines is 1. The van der Waals surface area contributed by atoms with Crippen molar-refractivity contribution in [1.29, 1.82) is 0 Å². The molecule has 1 amide bonds. The predicted octanol–water partition coefficient (Wildman–Crippen LogP) is 3.61. The van der Waals surface area contributed by atoms with E-state index >= 15 is 0 Å². The molecule has 1 aromatic rings. The van der Waals surface area contributed by atoms with Gasteiger partial charge in [0.1, 0.15) is 0 Å². The fourth-order valence-corrected chi connectivity index (χ4v) is 3.52. The Morgan fingerprint density at radius 1 is 1.42 bits per heavy atom. The molecule has 1 N–H and O–H groups in total. The van der Waals surface area contributed by atoms with Crippen LogP contribution in [0.2, 0.25) is 5.02 Å². The van der Waals surface area contributed by atoms with E-state index in [0.29, 0.717) is 43.0 Å². The molecule has 8 heteroatoms. The van der Waals surface area contributed by atoms with E-state index in [0.717, 1.165) is 18.5 Å². The number of carbonyl (C=O) groups excluding carboxylic acids is 1. The zero-order valence-electron chi connectivity index (χ0n) is 15.2. The van der Waals surface area contributed by atoms with Crippen LogP contribution in [0, 0.1) is 0 Å². The van der Waals surface area contributed by atoms with Crippen LogP contribution < -0.4 is 5.32 Å².